The summed E-state index contributed by atoms with van der Waals surface area (Å²) in [6.45, 7) is 8.46. The van der Waals surface area contributed by atoms with Gasteiger partial charge in [-0.1, -0.05) is 49.7 Å². The van der Waals surface area contributed by atoms with Gasteiger partial charge in [0.2, 0.25) is 5.91 Å². The van der Waals surface area contributed by atoms with Crippen molar-refractivity contribution in [3.8, 4) is 5.75 Å². The van der Waals surface area contributed by atoms with Gasteiger partial charge in [0.25, 0.3) is 5.91 Å². The van der Waals surface area contributed by atoms with Crippen LogP contribution in [-0.2, 0) is 15.2 Å². The van der Waals surface area contributed by atoms with Crippen LogP contribution in [0.3, 0.4) is 0 Å². The smallest absolute Gasteiger partial charge is 0.251 e. The second kappa shape index (κ2) is 9.51. The van der Waals surface area contributed by atoms with Crippen molar-refractivity contribution in [2.75, 3.05) is 20.2 Å². The largest absolute Gasteiger partial charge is 0.495 e. The summed E-state index contributed by atoms with van der Waals surface area (Å²) in [5, 5.41) is 15.2. The number of piperidine rings is 1. The Hall–Kier alpha value is -2.31. The third-order valence-corrected chi connectivity index (χ3v) is 7.05. The zero-order valence-electron chi connectivity index (χ0n) is 20.2. The summed E-state index contributed by atoms with van der Waals surface area (Å²) in [5.41, 5.74) is -1.07. The number of ether oxygens (including phenoxy) is 1. The van der Waals surface area contributed by atoms with Crippen molar-refractivity contribution < 1.29 is 19.4 Å². The van der Waals surface area contributed by atoms with Gasteiger partial charge in [-0.2, -0.15) is 0 Å². The van der Waals surface area contributed by atoms with Gasteiger partial charge in [-0.3, -0.25) is 9.59 Å². The highest BCUT2D eigenvalue weighted by Crippen LogP contribution is 2.47. The van der Waals surface area contributed by atoms with E-state index in [1.807, 2.05) is 52.0 Å². The molecule has 2 aliphatic rings. The monoisotopic (exact) mass is 474 g/mol. The molecule has 3 rings (SSSR count). The molecule has 180 valence electrons. The number of hydrogen-bond donors (Lipinski definition) is 2. The van der Waals surface area contributed by atoms with E-state index in [0.29, 0.717) is 35.9 Å². The molecule has 0 bridgehead atoms. The molecule has 1 saturated heterocycles. The fourth-order valence-corrected chi connectivity index (χ4v) is 4.88. The number of methoxy groups -OCH3 is 1. The van der Waals surface area contributed by atoms with Crippen LogP contribution in [-0.4, -0.2) is 47.6 Å². The molecular formula is C26H35ClN2O4. The number of aliphatic hydroxyl groups is 1. The van der Waals surface area contributed by atoms with Crippen molar-refractivity contribution in [3.63, 3.8) is 0 Å². The number of benzene rings is 1. The summed E-state index contributed by atoms with van der Waals surface area (Å²) in [5.74, 6) is 0.309. The van der Waals surface area contributed by atoms with Crippen LogP contribution in [0.5, 0.6) is 5.75 Å². The molecule has 1 fully saturated rings. The van der Waals surface area contributed by atoms with Crippen molar-refractivity contribution in [3.05, 3.63) is 52.6 Å². The number of likely N-dealkylation sites (tertiary alicyclic amines) is 1. The third kappa shape index (κ3) is 5.44. The lowest BCUT2D eigenvalue weighted by Gasteiger charge is -2.51. The van der Waals surface area contributed by atoms with Gasteiger partial charge in [0.1, 0.15) is 5.75 Å². The Balaban J connectivity index is 1.68. The quantitative estimate of drug-likeness (QED) is 0.642. The number of halogens is 1. The van der Waals surface area contributed by atoms with Gasteiger partial charge in [-0.25, -0.2) is 0 Å². The number of amides is 2. The van der Waals surface area contributed by atoms with E-state index >= 15 is 0 Å². The third-order valence-electron chi connectivity index (χ3n) is 6.73. The van der Waals surface area contributed by atoms with E-state index in [9.17, 15) is 14.7 Å². The number of allylic oxidation sites excluding steroid dienone is 2. The van der Waals surface area contributed by atoms with Crippen molar-refractivity contribution in [2.24, 2.45) is 5.41 Å². The minimum atomic E-state index is -1.13. The van der Waals surface area contributed by atoms with Gasteiger partial charge in [-0.05, 0) is 50.8 Å². The Labute approximate surface area is 201 Å². The van der Waals surface area contributed by atoms with Crippen molar-refractivity contribution in [1.82, 2.24) is 10.2 Å². The van der Waals surface area contributed by atoms with Gasteiger partial charge < -0.3 is 20.1 Å². The lowest BCUT2D eigenvalue weighted by molar-refractivity contribution is -0.154. The normalized spacial score (nSPS) is 22.5. The Morgan fingerprint density at radius 2 is 2.00 bits per heavy atom. The summed E-state index contributed by atoms with van der Waals surface area (Å²) in [4.78, 5) is 27.6. The number of nitrogens with zero attached hydrogens (tertiary/aromatic N) is 1. The lowest BCUT2D eigenvalue weighted by atomic mass is 9.66. The number of hydrogen-bond acceptors (Lipinski definition) is 4. The summed E-state index contributed by atoms with van der Waals surface area (Å²) >= 11 is 6.17. The topological polar surface area (TPSA) is 78.9 Å². The summed E-state index contributed by atoms with van der Waals surface area (Å²) in [7, 11) is 1.54. The van der Waals surface area contributed by atoms with E-state index in [0.717, 1.165) is 18.4 Å². The highest BCUT2D eigenvalue weighted by molar-refractivity contribution is 6.32. The predicted molar refractivity (Wildman–Crippen MR) is 130 cm³/mol. The van der Waals surface area contributed by atoms with Gasteiger partial charge in [0.05, 0.1) is 17.7 Å². The molecule has 2 amide bonds. The molecule has 1 aliphatic heterocycles. The van der Waals surface area contributed by atoms with Crippen LogP contribution in [0.4, 0.5) is 0 Å². The van der Waals surface area contributed by atoms with E-state index in [1.54, 1.807) is 24.1 Å². The molecule has 0 saturated carbocycles. The van der Waals surface area contributed by atoms with Crippen LogP contribution >= 0.6 is 11.6 Å². The fraction of sp³-hybridized carbons (Fsp3) is 0.538. The van der Waals surface area contributed by atoms with Crippen LogP contribution in [0.2, 0.25) is 5.02 Å². The first-order valence-electron chi connectivity index (χ1n) is 11.4. The predicted octanol–water partition coefficient (Wildman–Crippen LogP) is 4.36. The minimum Gasteiger partial charge on any atom is -0.495 e. The Morgan fingerprint density at radius 1 is 1.27 bits per heavy atom. The SMILES string of the molecule is COc1cc(C2(O)CCN(C(=O)CC(C)(C)NC(=O)C3=CCCC=C3)CC2(C)C)ccc1Cl. The maximum Gasteiger partial charge on any atom is 0.251 e. The van der Waals surface area contributed by atoms with Crippen molar-refractivity contribution in [1.29, 1.82) is 0 Å². The molecule has 33 heavy (non-hydrogen) atoms. The number of nitrogens with one attached hydrogen (secondary N) is 1. The zero-order valence-corrected chi connectivity index (χ0v) is 21.0. The van der Waals surface area contributed by atoms with Gasteiger partial charge in [0.15, 0.2) is 0 Å². The molecule has 1 atom stereocenters. The first-order chi connectivity index (χ1) is 15.4. The van der Waals surface area contributed by atoms with E-state index in [1.165, 1.54) is 0 Å². The molecule has 0 spiro atoms. The second-order valence-electron chi connectivity index (χ2n) is 10.3. The Kier molecular flexibility index (Phi) is 7.30. The Bertz CT molecular complexity index is 983. The van der Waals surface area contributed by atoms with Gasteiger partial charge >= 0.3 is 0 Å². The number of carbonyl (C=O) groups excluding carboxylic acids is 2. The lowest BCUT2D eigenvalue weighted by Crippen LogP contribution is -2.58. The number of carbonyl (C=O) groups is 2. The van der Waals surface area contributed by atoms with Gasteiger partial charge in [-0.15, -0.1) is 0 Å². The molecule has 1 aromatic rings. The molecule has 2 N–H and O–H groups in total. The van der Waals surface area contributed by atoms with Crippen molar-refractivity contribution in [2.45, 2.75) is 64.5 Å². The average Bonchev–Trinajstić information content (AvgIpc) is 2.75. The van der Waals surface area contributed by atoms with Crippen LogP contribution in [0.15, 0.2) is 42.0 Å². The molecular weight excluding hydrogens is 440 g/mol. The summed E-state index contributed by atoms with van der Waals surface area (Å²) in [6.07, 6.45) is 8.10. The van der Waals surface area contributed by atoms with Gasteiger partial charge in [0, 0.05) is 36.0 Å². The highest BCUT2D eigenvalue weighted by Gasteiger charge is 2.50. The molecule has 1 aliphatic carbocycles. The molecule has 1 heterocycles. The maximum absolute atomic E-state index is 13.2. The minimum absolute atomic E-state index is 0.0442. The zero-order chi connectivity index (χ0) is 24.4. The second-order valence-corrected chi connectivity index (χ2v) is 10.7. The first kappa shape index (κ1) is 25.3. The van der Waals surface area contributed by atoms with E-state index in [4.69, 9.17) is 16.3 Å². The van der Waals surface area contributed by atoms with Crippen LogP contribution < -0.4 is 10.1 Å². The van der Waals surface area contributed by atoms with E-state index < -0.39 is 16.6 Å². The maximum atomic E-state index is 13.2. The Morgan fingerprint density at radius 3 is 2.61 bits per heavy atom. The average molecular weight is 475 g/mol. The fourth-order valence-electron chi connectivity index (χ4n) is 4.68. The standard InChI is InChI=1S/C26H35ClN2O4/c1-24(2)17-29(14-13-26(24,32)19-11-12-20(27)21(15-19)33-5)22(30)16-25(3,4)28-23(31)18-9-7-6-8-10-18/h7,9-12,15,32H,6,8,13-14,16-17H2,1-5H3,(H,28,31). The van der Waals surface area contributed by atoms with E-state index in [-0.39, 0.29) is 18.2 Å². The molecule has 0 aromatic heterocycles. The molecule has 7 heteroatoms. The summed E-state index contributed by atoms with van der Waals surface area (Å²) in [6, 6.07) is 5.31. The molecule has 6 nitrogen and oxygen atoms in total. The van der Waals surface area contributed by atoms with Crippen molar-refractivity contribution >= 4 is 23.4 Å². The molecule has 0 radical (unpaired) electrons. The van der Waals surface area contributed by atoms with Crippen LogP contribution in [0, 0.1) is 5.41 Å². The van der Waals surface area contributed by atoms with E-state index in [2.05, 4.69) is 5.32 Å². The van der Waals surface area contributed by atoms with Crippen LogP contribution in [0.25, 0.3) is 0 Å². The first-order valence-corrected chi connectivity index (χ1v) is 11.8. The number of rotatable bonds is 6. The summed E-state index contributed by atoms with van der Waals surface area (Å²) < 4.78 is 5.33. The molecule has 1 unspecified atom stereocenters. The highest BCUT2D eigenvalue weighted by atomic mass is 35.5. The molecule has 1 aromatic carbocycles. The van der Waals surface area contributed by atoms with Crippen LogP contribution in [0.1, 0.15) is 58.9 Å².